The van der Waals surface area contributed by atoms with E-state index < -0.39 is 16.0 Å². The Balaban J connectivity index is 2.15. The largest absolute Gasteiger partial charge is 0.399 e. The summed E-state index contributed by atoms with van der Waals surface area (Å²) in [5.41, 5.74) is 7.70. The first-order valence-electron chi connectivity index (χ1n) is 6.82. The number of imidazole rings is 1. The SMILES string of the molecule is CC(C)CNC(=O)C(C)S(=O)c1nc2ccc(N)cc2[nH]1. The lowest BCUT2D eigenvalue weighted by atomic mass is 10.2. The van der Waals surface area contributed by atoms with E-state index in [1.165, 1.54) is 0 Å². The number of rotatable bonds is 5. The zero-order chi connectivity index (χ0) is 15.6. The molecule has 2 aromatic rings. The number of nitrogens with one attached hydrogen (secondary N) is 2. The van der Waals surface area contributed by atoms with Crippen LogP contribution in [0.15, 0.2) is 23.4 Å². The molecule has 1 amide bonds. The van der Waals surface area contributed by atoms with Crippen LogP contribution >= 0.6 is 0 Å². The molecule has 114 valence electrons. The normalized spacial score (nSPS) is 14.3. The molecule has 0 radical (unpaired) electrons. The van der Waals surface area contributed by atoms with Crippen molar-refractivity contribution in [3.63, 3.8) is 0 Å². The summed E-state index contributed by atoms with van der Waals surface area (Å²) in [6, 6.07) is 5.21. The molecular weight excluding hydrogens is 288 g/mol. The van der Waals surface area contributed by atoms with Gasteiger partial charge in [0, 0.05) is 12.2 Å². The molecule has 2 unspecified atom stereocenters. The number of fused-ring (bicyclic) bond motifs is 1. The predicted octanol–water partition coefficient (Wildman–Crippen LogP) is 1.41. The Morgan fingerprint density at radius 1 is 1.43 bits per heavy atom. The van der Waals surface area contributed by atoms with Crippen LogP contribution in [0.3, 0.4) is 0 Å². The van der Waals surface area contributed by atoms with Crippen LogP contribution in [0.5, 0.6) is 0 Å². The Kier molecular flexibility index (Phi) is 4.62. The summed E-state index contributed by atoms with van der Waals surface area (Å²) in [5, 5.41) is 2.41. The van der Waals surface area contributed by atoms with E-state index in [0.29, 0.717) is 34.3 Å². The zero-order valence-corrected chi connectivity index (χ0v) is 13.2. The maximum Gasteiger partial charge on any atom is 0.235 e. The molecule has 6 nitrogen and oxygen atoms in total. The number of nitrogens with two attached hydrogens (primary N) is 1. The molecule has 21 heavy (non-hydrogen) atoms. The van der Waals surface area contributed by atoms with Crippen LogP contribution in [0.25, 0.3) is 11.0 Å². The Labute approximate surface area is 126 Å². The van der Waals surface area contributed by atoms with Gasteiger partial charge in [0.25, 0.3) is 0 Å². The second-order valence-corrected chi connectivity index (χ2v) is 7.09. The van der Waals surface area contributed by atoms with Crippen LogP contribution in [0.2, 0.25) is 0 Å². The highest BCUT2D eigenvalue weighted by Gasteiger charge is 2.24. The Morgan fingerprint density at radius 2 is 2.14 bits per heavy atom. The van der Waals surface area contributed by atoms with Crippen LogP contribution in [-0.4, -0.2) is 31.9 Å². The summed E-state index contributed by atoms with van der Waals surface area (Å²) in [6.45, 7) is 6.21. The van der Waals surface area contributed by atoms with E-state index in [0.717, 1.165) is 0 Å². The first kappa shape index (κ1) is 15.5. The molecule has 0 saturated carbocycles. The maximum atomic E-state index is 12.4. The van der Waals surface area contributed by atoms with Gasteiger partial charge in [-0.25, -0.2) is 4.98 Å². The molecule has 4 N–H and O–H groups in total. The van der Waals surface area contributed by atoms with Crippen LogP contribution < -0.4 is 11.1 Å². The first-order chi connectivity index (χ1) is 9.88. The minimum atomic E-state index is -1.53. The molecule has 0 saturated heterocycles. The maximum absolute atomic E-state index is 12.4. The van der Waals surface area contributed by atoms with Gasteiger partial charge in [-0.3, -0.25) is 9.00 Å². The van der Waals surface area contributed by atoms with Gasteiger partial charge in [0.15, 0.2) is 5.16 Å². The smallest absolute Gasteiger partial charge is 0.235 e. The molecule has 1 aromatic heterocycles. The Hall–Kier alpha value is -1.89. The summed E-state index contributed by atoms with van der Waals surface area (Å²) in [4.78, 5) is 19.2. The van der Waals surface area contributed by atoms with Crippen molar-refractivity contribution >= 4 is 33.4 Å². The molecule has 0 aliphatic rings. The molecule has 2 atom stereocenters. The van der Waals surface area contributed by atoms with Gasteiger partial charge in [0.1, 0.15) is 16.0 Å². The molecule has 2 rings (SSSR count). The number of hydrogen-bond acceptors (Lipinski definition) is 4. The lowest BCUT2D eigenvalue weighted by molar-refractivity contribution is -0.120. The standard InChI is InChI=1S/C14H20N4O2S/c1-8(2)7-16-13(19)9(3)21(20)14-17-11-5-4-10(15)6-12(11)18-14/h4-6,8-9H,7,15H2,1-3H3,(H,16,19)(H,17,18). The number of amides is 1. The molecule has 0 bridgehead atoms. The van der Waals surface area contributed by atoms with Gasteiger partial charge in [0.05, 0.1) is 11.0 Å². The van der Waals surface area contributed by atoms with Crippen molar-refractivity contribution in [1.29, 1.82) is 0 Å². The molecule has 1 heterocycles. The number of nitrogens with zero attached hydrogens (tertiary/aromatic N) is 1. The molecule has 1 aromatic carbocycles. The van der Waals surface area contributed by atoms with E-state index in [-0.39, 0.29) is 5.91 Å². The minimum Gasteiger partial charge on any atom is -0.399 e. The van der Waals surface area contributed by atoms with E-state index in [9.17, 15) is 9.00 Å². The summed E-state index contributed by atoms with van der Waals surface area (Å²) < 4.78 is 12.4. The average molecular weight is 308 g/mol. The van der Waals surface area contributed by atoms with Gasteiger partial charge >= 0.3 is 0 Å². The molecule has 0 fully saturated rings. The highest BCUT2D eigenvalue weighted by molar-refractivity contribution is 7.86. The predicted molar refractivity (Wildman–Crippen MR) is 84.2 cm³/mol. The van der Waals surface area contributed by atoms with Crippen LogP contribution in [0.1, 0.15) is 20.8 Å². The topological polar surface area (TPSA) is 101 Å². The van der Waals surface area contributed by atoms with E-state index in [1.54, 1.807) is 25.1 Å². The highest BCUT2D eigenvalue weighted by Crippen LogP contribution is 2.18. The van der Waals surface area contributed by atoms with Gasteiger partial charge in [-0.05, 0) is 31.0 Å². The number of benzene rings is 1. The van der Waals surface area contributed by atoms with E-state index in [4.69, 9.17) is 5.73 Å². The number of anilines is 1. The monoisotopic (exact) mass is 308 g/mol. The van der Waals surface area contributed by atoms with Gasteiger partial charge in [-0.2, -0.15) is 0 Å². The Morgan fingerprint density at radius 3 is 2.81 bits per heavy atom. The van der Waals surface area contributed by atoms with Crippen molar-refractivity contribution in [2.45, 2.75) is 31.2 Å². The average Bonchev–Trinajstić information content (AvgIpc) is 2.85. The number of nitrogen functional groups attached to an aromatic ring is 1. The molecule has 7 heteroatoms. The zero-order valence-electron chi connectivity index (χ0n) is 12.3. The summed E-state index contributed by atoms with van der Waals surface area (Å²) in [6.07, 6.45) is 0. The van der Waals surface area contributed by atoms with Crippen molar-refractivity contribution in [2.24, 2.45) is 5.92 Å². The van der Waals surface area contributed by atoms with E-state index in [1.807, 2.05) is 13.8 Å². The van der Waals surface area contributed by atoms with Crippen molar-refractivity contribution in [3.8, 4) is 0 Å². The molecule has 0 spiro atoms. The first-order valence-corrected chi connectivity index (χ1v) is 8.03. The number of carbonyl (C=O) groups is 1. The number of aromatic nitrogens is 2. The summed E-state index contributed by atoms with van der Waals surface area (Å²) in [7, 11) is -1.53. The lowest BCUT2D eigenvalue weighted by Crippen LogP contribution is -2.37. The molecule has 0 aliphatic heterocycles. The number of H-pyrrole nitrogens is 1. The highest BCUT2D eigenvalue weighted by atomic mass is 32.2. The fourth-order valence-corrected chi connectivity index (χ4v) is 2.82. The lowest BCUT2D eigenvalue weighted by Gasteiger charge is -2.12. The van der Waals surface area contributed by atoms with Crippen molar-refractivity contribution in [2.75, 3.05) is 12.3 Å². The van der Waals surface area contributed by atoms with Gasteiger partial charge in [0.2, 0.25) is 5.91 Å². The minimum absolute atomic E-state index is 0.234. The molecular formula is C14H20N4O2S. The second kappa shape index (κ2) is 6.26. The number of carbonyl (C=O) groups excluding carboxylic acids is 1. The second-order valence-electron chi connectivity index (χ2n) is 5.40. The number of aromatic amines is 1. The van der Waals surface area contributed by atoms with Gasteiger partial charge in [-0.1, -0.05) is 13.8 Å². The van der Waals surface area contributed by atoms with Gasteiger partial charge < -0.3 is 16.0 Å². The van der Waals surface area contributed by atoms with Crippen molar-refractivity contribution < 1.29 is 9.00 Å². The van der Waals surface area contributed by atoms with Crippen LogP contribution in [0, 0.1) is 5.92 Å². The summed E-state index contributed by atoms with van der Waals surface area (Å²) in [5.74, 6) is 0.116. The summed E-state index contributed by atoms with van der Waals surface area (Å²) >= 11 is 0. The fraction of sp³-hybridized carbons (Fsp3) is 0.429. The van der Waals surface area contributed by atoms with Crippen molar-refractivity contribution in [3.05, 3.63) is 18.2 Å². The van der Waals surface area contributed by atoms with Crippen LogP contribution in [-0.2, 0) is 15.6 Å². The Bertz CT molecular complexity index is 681. The quantitative estimate of drug-likeness (QED) is 0.727. The molecule has 0 aliphatic carbocycles. The number of hydrogen-bond donors (Lipinski definition) is 3. The third-order valence-electron chi connectivity index (χ3n) is 3.05. The third kappa shape index (κ3) is 3.60. The van der Waals surface area contributed by atoms with Gasteiger partial charge in [-0.15, -0.1) is 0 Å². The fourth-order valence-electron chi connectivity index (χ4n) is 1.81. The third-order valence-corrected chi connectivity index (χ3v) is 4.48. The van der Waals surface area contributed by atoms with Crippen LogP contribution in [0.4, 0.5) is 5.69 Å². The van der Waals surface area contributed by atoms with E-state index in [2.05, 4.69) is 15.3 Å². The van der Waals surface area contributed by atoms with E-state index >= 15 is 0 Å². The van der Waals surface area contributed by atoms with Crippen molar-refractivity contribution in [1.82, 2.24) is 15.3 Å².